The smallest absolute Gasteiger partial charge is 0.475 e. The molecule has 0 saturated carbocycles. The van der Waals surface area contributed by atoms with E-state index in [1.165, 1.54) is 24.4 Å². The molecular formula is C20H18F4N6O4. The third-order valence-electron chi connectivity index (χ3n) is 3.87. The Labute approximate surface area is 189 Å². The summed E-state index contributed by atoms with van der Waals surface area (Å²) in [4.78, 5) is 32.2. The zero-order valence-corrected chi connectivity index (χ0v) is 17.1. The Morgan fingerprint density at radius 2 is 1.62 bits per heavy atom. The average Bonchev–Trinajstić information content (AvgIpc) is 3.21. The van der Waals surface area contributed by atoms with Crippen molar-refractivity contribution in [1.29, 1.82) is 0 Å². The number of halogens is 4. The van der Waals surface area contributed by atoms with Crippen LogP contribution in [-0.2, 0) is 11.3 Å². The standard InChI is InChI=1S/C18H17FN6O2.C2HF3O2/c19-12-4-2-6-14(8-12)24-18(27)23-13-5-1-3-11(7-13)9-21-15-10-22-25-16(15)17(20)26;3-2(4,5)1(6)7/h1-8,10,21H,9H2,(H2,20,26)(H,22,25)(H2,23,24,27);(H,6,7). The van der Waals surface area contributed by atoms with Crippen LogP contribution in [-0.4, -0.2) is 39.4 Å². The van der Waals surface area contributed by atoms with Crippen LogP contribution in [0.25, 0.3) is 0 Å². The summed E-state index contributed by atoms with van der Waals surface area (Å²) in [5.41, 5.74) is 7.62. The van der Waals surface area contributed by atoms with Gasteiger partial charge in [-0.3, -0.25) is 9.89 Å². The molecule has 0 bridgehead atoms. The lowest BCUT2D eigenvalue weighted by Gasteiger charge is -2.10. The number of H-pyrrole nitrogens is 1. The minimum absolute atomic E-state index is 0.124. The number of urea groups is 1. The highest BCUT2D eigenvalue weighted by molar-refractivity contribution is 5.99. The third kappa shape index (κ3) is 8.14. The summed E-state index contributed by atoms with van der Waals surface area (Å²) in [6.45, 7) is 0.390. The number of nitrogens with zero attached hydrogens (tertiary/aromatic N) is 1. The number of aliphatic carboxylic acids is 1. The van der Waals surface area contributed by atoms with Crippen molar-refractivity contribution in [3.8, 4) is 0 Å². The highest BCUT2D eigenvalue weighted by atomic mass is 19.4. The Kier molecular flexibility index (Phi) is 8.53. The maximum Gasteiger partial charge on any atom is 0.490 e. The highest BCUT2D eigenvalue weighted by Gasteiger charge is 2.38. The number of benzene rings is 2. The summed E-state index contributed by atoms with van der Waals surface area (Å²) < 4.78 is 44.9. The average molecular weight is 482 g/mol. The minimum Gasteiger partial charge on any atom is -0.475 e. The van der Waals surface area contributed by atoms with Gasteiger partial charge < -0.3 is 26.8 Å². The first-order valence-corrected chi connectivity index (χ1v) is 9.25. The van der Waals surface area contributed by atoms with E-state index >= 15 is 0 Å². The molecule has 1 aromatic heterocycles. The quantitative estimate of drug-likeness (QED) is 0.295. The molecule has 180 valence electrons. The van der Waals surface area contributed by atoms with Gasteiger partial charge in [0.2, 0.25) is 0 Å². The van der Waals surface area contributed by atoms with Crippen molar-refractivity contribution >= 4 is 35.0 Å². The van der Waals surface area contributed by atoms with Crippen molar-refractivity contribution in [2.45, 2.75) is 12.7 Å². The molecule has 3 aromatic rings. The van der Waals surface area contributed by atoms with Gasteiger partial charge in [-0.05, 0) is 35.9 Å². The zero-order valence-electron chi connectivity index (χ0n) is 17.1. The van der Waals surface area contributed by atoms with Gasteiger partial charge in [0.15, 0.2) is 5.69 Å². The molecule has 3 amide bonds. The number of alkyl halides is 3. The van der Waals surface area contributed by atoms with Crippen molar-refractivity contribution in [3.05, 3.63) is 71.8 Å². The molecule has 0 aliphatic carbocycles. The monoisotopic (exact) mass is 482 g/mol. The van der Waals surface area contributed by atoms with Crippen molar-refractivity contribution in [2.24, 2.45) is 5.73 Å². The number of nitrogens with one attached hydrogen (secondary N) is 4. The van der Waals surface area contributed by atoms with Crippen LogP contribution in [0.4, 0.5) is 39.4 Å². The molecule has 0 fully saturated rings. The van der Waals surface area contributed by atoms with E-state index in [4.69, 9.17) is 15.6 Å². The van der Waals surface area contributed by atoms with Gasteiger partial charge in [0, 0.05) is 24.1 Å². The second kappa shape index (κ2) is 11.3. The largest absolute Gasteiger partial charge is 0.490 e. The fourth-order valence-electron chi connectivity index (χ4n) is 2.43. The number of carboxylic acids is 1. The molecule has 1 heterocycles. The van der Waals surface area contributed by atoms with Crippen LogP contribution in [0, 0.1) is 5.82 Å². The number of amides is 3. The molecule has 7 N–H and O–H groups in total. The summed E-state index contributed by atoms with van der Waals surface area (Å²) in [7, 11) is 0. The van der Waals surface area contributed by atoms with Gasteiger partial charge in [-0.25, -0.2) is 14.0 Å². The van der Waals surface area contributed by atoms with Crippen LogP contribution in [0.15, 0.2) is 54.7 Å². The van der Waals surface area contributed by atoms with Gasteiger partial charge in [0.25, 0.3) is 5.91 Å². The highest BCUT2D eigenvalue weighted by Crippen LogP contribution is 2.16. The van der Waals surface area contributed by atoms with Crippen LogP contribution >= 0.6 is 0 Å². The number of carbonyl (C=O) groups excluding carboxylic acids is 2. The Hall–Kier alpha value is -4.62. The second-order valence-electron chi connectivity index (χ2n) is 6.46. The van der Waals surface area contributed by atoms with Crippen molar-refractivity contribution in [1.82, 2.24) is 10.2 Å². The summed E-state index contributed by atoms with van der Waals surface area (Å²) in [6, 6.07) is 12.2. The van der Waals surface area contributed by atoms with Crippen molar-refractivity contribution < 1.29 is 37.1 Å². The Bertz CT molecular complexity index is 1170. The predicted octanol–water partition coefficient (Wildman–Crippen LogP) is 3.54. The molecule has 0 aliphatic rings. The van der Waals surface area contributed by atoms with Gasteiger partial charge in [0.05, 0.1) is 5.69 Å². The van der Waals surface area contributed by atoms with Gasteiger partial charge in [-0.1, -0.05) is 18.2 Å². The van der Waals surface area contributed by atoms with Gasteiger partial charge >= 0.3 is 18.2 Å². The number of aromatic amines is 1. The van der Waals surface area contributed by atoms with E-state index in [2.05, 4.69) is 26.1 Å². The topological polar surface area (TPSA) is 162 Å². The van der Waals surface area contributed by atoms with Crippen molar-refractivity contribution in [3.63, 3.8) is 0 Å². The molecule has 3 rings (SSSR count). The number of anilines is 3. The van der Waals surface area contributed by atoms with Gasteiger partial charge in [0.1, 0.15) is 5.82 Å². The number of rotatable bonds is 6. The lowest BCUT2D eigenvalue weighted by atomic mass is 10.2. The molecule has 0 aliphatic heterocycles. The molecular weight excluding hydrogens is 464 g/mol. The van der Waals surface area contributed by atoms with Crippen LogP contribution in [0.2, 0.25) is 0 Å². The maximum absolute atomic E-state index is 13.2. The first kappa shape index (κ1) is 25.6. The van der Waals surface area contributed by atoms with E-state index < -0.39 is 29.9 Å². The molecule has 0 atom stereocenters. The van der Waals surface area contributed by atoms with Gasteiger partial charge in [-0.15, -0.1) is 0 Å². The lowest BCUT2D eigenvalue weighted by molar-refractivity contribution is -0.192. The SMILES string of the molecule is NC(=O)c1n[nH]cc1NCc1cccc(NC(=O)Nc2cccc(F)c2)c1.O=C(O)C(F)(F)F. The van der Waals surface area contributed by atoms with Crippen LogP contribution in [0.1, 0.15) is 16.1 Å². The van der Waals surface area contributed by atoms with E-state index in [1.807, 2.05) is 6.07 Å². The van der Waals surface area contributed by atoms with E-state index in [1.54, 1.807) is 24.3 Å². The summed E-state index contributed by atoms with van der Waals surface area (Å²) in [5, 5.41) is 21.8. The van der Waals surface area contributed by atoms with E-state index in [9.17, 15) is 27.2 Å². The first-order chi connectivity index (χ1) is 16.0. The predicted molar refractivity (Wildman–Crippen MR) is 114 cm³/mol. The maximum atomic E-state index is 13.2. The molecule has 0 unspecified atom stereocenters. The molecule has 34 heavy (non-hydrogen) atoms. The van der Waals surface area contributed by atoms with Crippen LogP contribution < -0.4 is 21.7 Å². The number of hydrogen-bond acceptors (Lipinski definition) is 5. The molecule has 10 nitrogen and oxygen atoms in total. The van der Waals surface area contributed by atoms with E-state index in [-0.39, 0.29) is 5.69 Å². The minimum atomic E-state index is -5.08. The Morgan fingerprint density at radius 1 is 1.03 bits per heavy atom. The van der Waals surface area contributed by atoms with E-state index in [0.717, 1.165) is 5.56 Å². The number of aromatic nitrogens is 2. The molecule has 0 saturated heterocycles. The first-order valence-electron chi connectivity index (χ1n) is 9.25. The summed E-state index contributed by atoms with van der Waals surface area (Å²) in [6.07, 6.45) is -3.55. The number of hydrogen-bond donors (Lipinski definition) is 6. The molecule has 0 radical (unpaired) electrons. The third-order valence-corrected chi connectivity index (χ3v) is 3.87. The van der Waals surface area contributed by atoms with Crippen LogP contribution in [0.5, 0.6) is 0 Å². The molecule has 2 aromatic carbocycles. The Balaban J connectivity index is 0.000000509. The normalized spacial score (nSPS) is 10.5. The molecule has 14 heteroatoms. The Morgan fingerprint density at radius 3 is 2.18 bits per heavy atom. The summed E-state index contributed by atoms with van der Waals surface area (Å²) >= 11 is 0. The van der Waals surface area contributed by atoms with E-state index in [0.29, 0.717) is 23.6 Å². The fraction of sp³-hybridized carbons (Fsp3) is 0.100. The lowest BCUT2D eigenvalue weighted by Crippen LogP contribution is -2.21. The number of primary amides is 1. The number of carbonyl (C=O) groups is 3. The zero-order chi connectivity index (χ0) is 25.3. The van der Waals surface area contributed by atoms with Crippen LogP contribution in [0.3, 0.4) is 0 Å². The molecule has 0 spiro atoms. The van der Waals surface area contributed by atoms with Gasteiger partial charge in [-0.2, -0.15) is 18.3 Å². The number of nitrogens with two attached hydrogens (primary N) is 1. The summed E-state index contributed by atoms with van der Waals surface area (Å²) in [5.74, 6) is -3.83. The van der Waals surface area contributed by atoms with Crippen molar-refractivity contribution in [2.75, 3.05) is 16.0 Å². The number of carboxylic acid groups (broad SMARTS) is 1. The second-order valence-corrected chi connectivity index (χ2v) is 6.46. The fourth-order valence-corrected chi connectivity index (χ4v) is 2.43.